The first kappa shape index (κ1) is 8.16. The lowest BCUT2D eigenvalue weighted by molar-refractivity contribution is 0.0812. The monoisotopic (exact) mass is 205 g/mol. The Balaban J connectivity index is 2.45. The number of carbonyl (C=O) groups excluding carboxylic acids is 1. The summed E-state index contributed by atoms with van der Waals surface area (Å²) in [6.45, 7) is 0.308. The summed E-state index contributed by atoms with van der Waals surface area (Å²) in [5.74, 6) is -0.00463. The molecule has 0 atom stereocenters. The summed E-state index contributed by atoms with van der Waals surface area (Å²) < 4.78 is 1.23. The first-order valence-electron chi connectivity index (χ1n) is 4.39. The number of rotatable bonds is 0. The van der Waals surface area contributed by atoms with E-state index in [2.05, 4.69) is 15.1 Å². The van der Waals surface area contributed by atoms with Crippen molar-refractivity contribution >= 4 is 11.7 Å². The number of aromatic amines is 1. The van der Waals surface area contributed by atoms with Gasteiger partial charge in [-0.1, -0.05) is 0 Å². The molecule has 1 amide bonds. The topological polar surface area (TPSA) is 83.4 Å². The van der Waals surface area contributed by atoms with Crippen LogP contribution in [0.25, 0.3) is 5.78 Å². The molecule has 7 nitrogen and oxygen atoms in total. The van der Waals surface area contributed by atoms with Crippen LogP contribution in [0, 0.1) is 0 Å². The van der Waals surface area contributed by atoms with E-state index in [1.165, 1.54) is 15.7 Å². The van der Waals surface area contributed by atoms with Gasteiger partial charge in [0.05, 0.1) is 12.1 Å². The molecule has 0 fully saturated rings. The molecule has 0 spiro atoms. The third-order valence-corrected chi connectivity index (χ3v) is 2.47. The van der Waals surface area contributed by atoms with E-state index in [0.717, 1.165) is 0 Å². The van der Waals surface area contributed by atoms with E-state index in [-0.39, 0.29) is 22.9 Å². The van der Waals surface area contributed by atoms with Crippen LogP contribution in [-0.4, -0.2) is 37.4 Å². The third-order valence-electron chi connectivity index (χ3n) is 2.47. The highest BCUT2D eigenvalue weighted by Crippen LogP contribution is 2.15. The van der Waals surface area contributed by atoms with Crippen LogP contribution in [0.2, 0.25) is 0 Å². The fourth-order valence-electron chi connectivity index (χ4n) is 1.70. The predicted molar refractivity (Wildman–Crippen MR) is 49.4 cm³/mol. The van der Waals surface area contributed by atoms with Gasteiger partial charge in [-0.05, 0) is 0 Å². The standard InChI is InChI=1S/C8H7N5O2/c1-12-2-4-5(7(12)15)11-8-9-3-10-13(8)6(4)14/h3H,2H2,1H3,(H,9,10,11). The Morgan fingerprint density at radius 2 is 2.27 bits per heavy atom. The van der Waals surface area contributed by atoms with E-state index in [9.17, 15) is 9.59 Å². The van der Waals surface area contributed by atoms with Crippen LogP contribution in [0.3, 0.4) is 0 Å². The van der Waals surface area contributed by atoms with E-state index < -0.39 is 0 Å². The number of carbonyl (C=O) groups is 1. The van der Waals surface area contributed by atoms with Crippen molar-refractivity contribution < 1.29 is 4.79 Å². The predicted octanol–water partition coefficient (Wildman–Crippen LogP) is -0.997. The fourth-order valence-corrected chi connectivity index (χ4v) is 1.70. The Morgan fingerprint density at radius 3 is 3.07 bits per heavy atom. The maximum absolute atomic E-state index is 11.8. The number of hydrogen-bond acceptors (Lipinski definition) is 4. The van der Waals surface area contributed by atoms with Crippen molar-refractivity contribution in [1.82, 2.24) is 24.5 Å². The van der Waals surface area contributed by atoms with E-state index in [1.54, 1.807) is 7.05 Å². The smallest absolute Gasteiger partial charge is 0.279 e. The molecule has 3 heterocycles. The number of nitrogens with one attached hydrogen (secondary N) is 1. The molecule has 3 rings (SSSR count). The number of nitrogens with zero attached hydrogens (tertiary/aromatic N) is 4. The Morgan fingerprint density at radius 1 is 1.47 bits per heavy atom. The van der Waals surface area contributed by atoms with Crippen LogP contribution in [-0.2, 0) is 6.54 Å². The van der Waals surface area contributed by atoms with Gasteiger partial charge in [-0.2, -0.15) is 4.52 Å². The molecule has 7 heteroatoms. The molecule has 2 aromatic heterocycles. The SMILES string of the molecule is CN1Cc2c(nc3nc[nH]n3c2=O)C1=O. The summed E-state index contributed by atoms with van der Waals surface area (Å²) in [4.78, 5) is 32.8. The van der Waals surface area contributed by atoms with Crippen LogP contribution >= 0.6 is 0 Å². The average Bonchev–Trinajstić information content (AvgIpc) is 2.77. The van der Waals surface area contributed by atoms with Gasteiger partial charge in [0, 0.05) is 7.05 Å². The van der Waals surface area contributed by atoms with Gasteiger partial charge in [-0.25, -0.2) is 9.97 Å². The van der Waals surface area contributed by atoms with Crippen LogP contribution in [0.15, 0.2) is 11.1 Å². The second-order valence-electron chi connectivity index (χ2n) is 3.43. The molecule has 0 radical (unpaired) electrons. The second-order valence-corrected chi connectivity index (χ2v) is 3.43. The van der Waals surface area contributed by atoms with Gasteiger partial charge in [0.2, 0.25) is 0 Å². The summed E-state index contributed by atoms with van der Waals surface area (Å²) in [5.41, 5.74) is 0.379. The minimum absolute atomic E-state index is 0.217. The van der Waals surface area contributed by atoms with E-state index >= 15 is 0 Å². The second kappa shape index (κ2) is 2.44. The minimum Gasteiger partial charge on any atom is -0.336 e. The van der Waals surface area contributed by atoms with Gasteiger partial charge < -0.3 is 4.90 Å². The molecule has 15 heavy (non-hydrogen) atoms. The minimum atomic E-state index is -0.259. The summed E-state index contributed by atoms with van der Waals surface area (Å²) in [6, 6.07) is 0. The van der Waals surface area contributed by atoms with Gasteiger partial charge in [0.25, 0.3) is 17.2 Å². The molecule has 0 saturated heterocycles. The number of H-pyrrole nitrogens is 1. The molecule has 1 N–H and O–H groups in total. The molecule has 0 aliphatic carbocycles. The fraction of sp³-hybridized carbons (Fsp3) is 0.250. The zero-order valence-electron chi connectivity index (χ0n) is 7.89. The molecule has 0 aromatic carbocycles. The summed E-state index contributed by atoms with van der Waals surface area (Å²) in [5, 5.41) is 2.65. The van der Waals surface area contributed by atoms with Crippen LogP contribution in [0.1, 0.15) is 16.1 Å². The molecule has 1 aliphatic rings. The molecule has 1 aliphatic heterocycles. The van der Waals surface area contributed by atoms with Crippen molar-refractivity contribution in [1.29, 1.82) is 0 Å². The van der Waals surface area contributed by atoms with Gasteiger partial charge in [-0.15, -0.1) is 0 Å². The van der Waals surface area contributed by atoms with Crippen LogP contribution in [0.5, 0.6) is 0 Å². The molecule has 0 bridgehead atoms. The van der Waals surface area contributed by atoms with Gasteiger partial charge in [0.15, 0.2) is 0 Å². The van der Waals surface area contributed by atoms with Crippen molar-refractivity contribution in [2.75, 3.05) is 7.05 Å². The highest BCUT2D eigenvalue weighted by molar-refractivity contribution is 5.96. The number of hydrogen-bond donors (Lipinski definition) is 1. The normalized spacial score (nSPS) is 15.0. The Hall–Kier alpha value is -2.18. The highest BCUT2D eigenvalue weighted by atomic mass is 16.2. The van der Waals surface area contributed by atoms with Crippen molar-refractivity contribution in [3.8, 4) is 0 Å². The molecule has 76 valence electrons. The molecular formula is C8H7N5O2. The quantitative estimate of drug-likeness (QED) is 0.598. The third kappa shape index (κ3) is 0.888. The molecule has 0 unspecified atom stereocenters. The number of fused-ring (bicyclic) bond motifs is 2. The zero-order chi connectivity index (χ0) is 10.6. The first-order chi connectivity index (χ1) is 7.18. The maximum atomic E-state index is 11.8. The van der Waals surface area contributed by atoms with E-state index in [1.807, 2.05) is 0 Å². The lowest BCUT2D eigenvalue weighted by atomic mass is 10.3. The Labute approximate surface area is 83.3 Å². The number of amides is 1. The van der Waals surface area contributed by atoms with Crippen molar-refractivity contribution in [2.45, 2.75) is 6.54 Å². The summed E-state index contributed by atoms with van der Waals surface area (Å²) >= 11 is 0. The lowest BCUT2D eigenvalue weighted by Gasteiger charge is -2.03. The van der Waals surface area contributed by atoms with Crippen molar-refractivity contribution in [3.05, 3.63) is 27.9 Å². The lowest BCUT2D eigenvalue weighted by Crippen LogP contribution is -2.20. The molecule has 0 saturated carbocycles. The largest absolute Gasteiger partial charge is 0.336 e. The summed E-state index contributed by atoms with van der Waals surface area (Å²) in [6.07, 6.45) is 1.37. The van der Waals surface area contributed by atoms with Gasteiger partial charge in [-0.3, -0.25) is 14.7 Å². The van der Waals surface area contributed by atoms with Gasteiger partial charge in [0.1, 0.15) is 12.0 Å². The highest BCUT2D eigenvalue weighted by Gasteiger charge is 2.30. The first-order valence-corrected chi connectivity index (χ1v) is 4.39. The van der Waals surface area contributed by atoms with Crippen molar-refractivity contribution in [2.24, 2.45) is 0 Å². The zero-order valence-corrected chi connectivity index (χ0v) is 7.89. The Kier molecular flexibility index (Phi) is 1.33. The van der Waals surface area contributed by atoms with Crippen LogP contribution in [0.4, 0.5) is 0 Å². The van der Waals surface area contributed by atoms with Gasteiger partial charge >= 0.3 is 0 Å². The molecular weight excluding hydrogens is 198 g/mol. The van der Waals surface area contributed by atoms with Crippen molar-refractivity contribution in [3.63, 3.8) is 0 Å². The molecule has 2 aromatic rings. The maximum Gasteiger partial charge on any atom is 0.279 e. The Bertz CT molecular complexity index is 625. The van der Waals surface area contributed by atoms with E-state index in [4.69, 9.17) is 0 Å². The number of aromatic nitrogens is 4. The summed E-state index contributed by atoms with van der Waals surface area (Å²) in [7, 11) is 1.63. The van der Waals surface area contributed by atoms with E-state index in [0.29, 0.717) is 12.1 Å². The average molecular weight is 205 g/mol. The van der Waals surface area contributed by atoms with Crippen LogP contribution < -0.4 is 5.56 Å².